The van der Waals surface area contributed by atoms with E-state index in [1.165, 1.54) is 12.2 Å². The second kappa shape index (κ2) is 3.38. The maximum atomic E-state index is 8.45. The standard InChI is InChI=1S/C5H7NO/c1-5(7)3-2-4-6/h2-3,5,7H,1H3/b3-2-. The van der Waals surface area contributed by atoms with Gasteiger partial charge < -0.3 is 5.11 Å². The monoisotopic (exact) mass is 97.1 g/mol. The van der Waals surface area contributed by atoms with Crippen molar-refractivity contribution in [2.24, 2.45) is 0 Å². The Bertz CT molecular complexity index is 99.1. The molecule has 0 aliphatic carbocycles. The second-order valence-electron chi connectivity index (χ2n) is 1.23. The maximum absolute atomic E-state index is 8.45. The number of nitrogens with zero attached hydrogens (tertiary/aromatic N) is 1. The fourth-order valence-corrected chi connectivity index (χ4v) is 0.182. The van der Waals surface area contributed by atoms with E-state index in [-0.39, 0.29) is 0 Å². The van der Waals surface area contributed by atoms with E-state index in [2.05, 4.69) is 0 Å². The molecular weight excluding hydrogens is 90.1 g/mol. The summed E-state index contributed by atoms with van der Waals surface area (Å²) in [6.07, 6.45) is 2.17. The zero-order chi connectivity index (χ0) is 5.70. The van der Waals surface area contributed by atoms with Crippen molar-refractivity contribution in [2.45, 2.75) is 13.0 Å². The number of hydrogen-bond acceptors (Lipinski definition) is 2. The van der Waals surface area contributed by atoms with Crippen LogP contribution in [0.25, 0.3) is 0 Å². The Morgan fingerprint density at radius 1 is 1.86 bits per heavy atom. The average molecular weight is 97.1 g/mol. The number of rotatable bonds is 1. The number of allylic oxidation sites excluding steroid dienone is 1. The SMILES string of the molecule is CC(O)/C=C\C#N. The molecule has 0 heterocycles. The van der Waals surface area contributed by atoms with Gasteiger partial charge in [0.15, 0.2) is 0 Å². The molecule has 0 fully saturated rings. The van der Waals surface area contributed by atoms with Gasteiger partial charge >= 0.3 is 0 Å². The Labute approximate surface area is 42.7 Å². The van der Waals surface area contributed by atoms with Crippen molar-refractivity contribution in [2.75, 3.05) is 0 Å². The highest BCUT2D eigenvalue weighted by molar-refractivity contribution is 5.03. The molecule has 0 aromatic heterocycles. The smallest absolute Gasteiger partial charge is 0.0909 e. The Kier molecular flexibility index (Phi) is 2.99. The van der Waals surface area contributed by atoms with E-state index in [1.54, 1.807) is 13.0 Å². The van der Waals surface area contributed by atoms with Crippen molar-refractivity contribution >= 4 is 0 Å². The van der Waals surface area contributed by atoms with Gasteiger partial charge in [-0.2, -0.15) is 5.26 Å². The minimum atomic E-state index is -0.500. The zero-order valence-corrected chi connectivity index (χ0v) is 4.13. The third kappa shape index (κ3) is 5.19. The molecule has 0 aromatic carbocycles. The largest absolute Gasteiger partial charge is 0.389 e. The third-order valence-corrected chi connectivity index (χ3v) is 0.449. The lowest BCUT2D eigenvalue weighted by Gasteiger charge is -1.86. The molecule has 0 aromatic rings. The Morgan fingerprint density at radius 3 is 2.57 bits per heavy atom. The first-order valence-electron chi connectivity index (χ1n) is 2.01. The van der Waals surface area contributed by atoms with Crippen LogP contribution in [0, 0.1) is 11.3 Å². The van der Waals surface area contributed by atoms with Gasteiger partial charge in [0.1, 0.15) is 0 Å². The third-order valence-electron chi connectivity index (χ3n) is 0.449. The normalized spacial score (nSPS) is 13.9. The first-order chi connectivity index (χ1) is 3.27. The fraction of sp³-hybridized carbons (Fsp3) is 0.400. The Hall–Kier alpha value is -0.810. The summed E-state index contributed by atoms with van der Waals surface area (Å²) in [6, 6.07) is 1.76. The number of nitriles is 1. The first kappa shape index (κ1) is 6.19. The summed E-state index contributed by atoms with van der Waals surface area (Å²) in [6.45, 7) is 1.59. The van der Waals surface area contributed by atoms with Gasteiger partial charge in [-0.1, -0.05) is 0 Å². The van der Waals surface area contributed by atoms with Gasteiger partial charge in [0.25, 0.3) is 0 Å². The van der Waals surface area contributed by atoms with Crippen LogP contribution in [0.2, 0.25) is 0 Å². The summed E-state index contributed by atoms with van der Waals surface area (Å²) >= 11 is 0. The van der Waals surface area contributed by atoms with Crippen LogP contribution in [0.4, 0.5) is 0 Å². The molecule has 38 valence electrons. The molecule has 0 bridgehead atoms. The van der Waals surface area contributed by atoms with Crippen molar-refractivity contribution in [1.82, 2.24) is 0 Å². The van der Waals surface area contributed by atoms with Gasteiger partial charge in [0, 0.05) is 6.08 Å². The van der Waals surface area contributed by atoms with E-state index < -0.39 is 6.10 Å². The van der Waals surface area contributed by atoms with Crippen LogP contribution in [0.3, 0.4) is 0 Å². The van der Waals surface area contributed by atoms with Crippen LogP contribution in [0.5, 0.6) is 0 Å². The minimum Gasteiger partial charge on any atom is -0.389 e. The Morgan fingerprint density at radius 2 is 2.43 bits per heavy atom. The summed E-state index contributed by atoms with van der Waals surface area (Å²) in [4.78, 5) is 0. The highest BCUT2D eigenvalue weighted by atomic mass is 16.3. The lowest BCUT2D eigenvalue weighted by atomic mass is 10.4. The molecule has 2 nitrogen and oxygen atoms in total. The summed E-state index contributed by atoms with van der Waals surface area (Å²) in [7, 11) is 0. The lowest BCUT2D eigenvalue weighted by Crippen LogP contribution is -1.90. The molecule has 0 rings (SSSR count). The molecule has 1 atom stereocenters. The molecule has 0 radical (unpaired) electrons. The van der Waals surface area contributed by atoms with E-state index in [0.29, 0.717) is 0 Å². The molecule has 0 aliphatic heterocycles. The van der Waals surface area contributed by atoms with Crippen molar-refractivity contribution in [1.29, 1.82) is 5.26 Å². The van der Waals surface area contributed by atoms with Crippen LogP contribution >= 0.6 is 0 Å². The van der Waals surface area contributed by atoms with E-state index in [1.807, 2.05) is 0 Å². The maximum Gasteiger partial charge on any atom is 0.0909 e. The number of hydrogen-bond donors (Lipinski definition) is 1. The van der Waals surface area contributed by atoms with Crippen LogP contribution < -0.4 is 0 Å². The van der Waals surface area contributed by atoms with Crippen LogP contribution in [0.15, 0.2) is 12.2 Å². The highest BCUT2D eigenvalue weighted by Gasteiger charge is 1.80. The summed E-state index contributed by atoms with van der Waals surface area (Å²) in [5, 5.41) is 16.3. The first-order valence-corrected chi connectivity index (χ1v) is 2.01. The molecule has 2 heteroatoms. The molecule has 1 unspecified atom stereocenters. The van der Waals surface area contributed by atoms with E-state index in [9.17, 15) is 0 Å². The lowest BCUT2D eigenvalue weighted by molar-refractivity contribution is 0.244. The number of aliphatic hydroxyl groups is 1. The van der Waals surface area contributed by atoms with Gasteiger partial charge in [-0.3, -0.25) is 0 Å². The van der Waals surface area contributed by atoms with E-state index >= 15 is 0 Å². The molecule has 0 saturated heterocycles. The fourth-order valence-electron chi connectivity index (χ4n) is 0.182. The highest BCUT2D eigenvalue weighted by Crippen LogP contribution is 1.78. The molecule has 0 saturated carbocycles. The molecule has 0 spiro atoms. The summed E-state index contributed by atoms with van der Waals surface area (Å²) in [5.41, 5.74) is 0. The molecule has 7 heavy (non-hydrogen) atoms. The number of aliphatic hydroxyl groups excluding tert-OH is 1. The van der Waals surface area contributed by atoms with Crippen molar-refractivity contribution in [3.8, 4) is 6.07 Å². The van der Waals surface area contributed by atoms with Crippen molar-refractivity contribution in [3.05, 3.63) is 12.2 Å². The van der Waals surface area contributed by atoms with Crippen LogP contribution in [-0.2, 0) is 0 Å². The minimum absolute atomic E-state index is 0.500. The zero-order valence-electron chi connectivity index (χ0n) is 4.13. The molecule has 0 aliphatic rings. The Balaban J connectivity index is 3.31. The summed E-state index contributed by atoms with van der Waals surface area (Å²) < 4.78 is 0. The molecule has 1 N–H and O–H groups in total. The predicted octanol–water partition coefficient (Wildman–Crippen LogP) is 0.447. The van der Waals surface area contributed by atoms with Gasteiger partial charge in [-0.05, 0) is 13.0 Å². The summed E-state index contributed by atoms with van der Waals surface area (Å²) in [5.74, 6) is 0. The van der Waals surface area contributed by atoms with E-state index in [4.69, 9.17) is 10.4 Å². The predicted molar refractivity (Wildman–Crippen MR) is 26.4 cm³/mol. The van der Waals surface area contributed by atoms with Gasteiger partial charge in [-0.15, -0.1) is 0 Å². The molecular formula is C5H7NO. The molecule has 0 amide bonds. The van der Waals surface area contributed by atoms with Gasteiger partial charge in [-0.25, -0.2) is 0 Å². The quantitative estimate of drug-likeness (QED) is 0.483. The van der Waals surface area contributed by atoms with Crippen molar-refractivity contribution < 1.29 is 5.11 Å². The second-order valence-corrected chi connectivity index (χ2v) is 1.23. The van der Waals surface area contributed by atoms with Crippen LogP contribution in [0.1, 0.15) is 6.92 Å². The van der Waals surface area contributed by atoms with Crippen LogP contribution in [-0.4, -0.2) is 11.2 Å². The van der Waals surface area contributed by atoms with E-state index in [0.717, 1.165) is 0 Å². The topological polar surface area (TPSA) is 44.0 Å². The van der Waals surface area contributed by atoms with Crippen molar-refractivity contribution in [3.63, 3.8) is 0 Å². The van der Waals surface area contributed by atoms with Gasteiger partial charge in [0.05, 0.1) is 12.2 Å². The average Bonchev–Trinajstić information content (AvgIpc) is 1.61. The van der Waals surface area contributed by atoms with Gasteiger partial charge in [0.2, 0.25) is 0 Å².